The summed E-state index contributed by atoms with van der Waals surface area (Å²) in [5, 5.41) is 0. The van der Waals surface area contributed by atoms with Crippen molar-refractivity contribution in [3.8, 4) is 0 Å². The van der Waals surface area contributed by atoms with Gasteiger partial charge in [-0.15, -0.1) is 0 Å². The molecular formula is C14H20N2O4S. The summed E-state index contributed by atoms with van der Waals surface area (Å²) in [6.45, 7) is 0.868. The van der Waals surface area contributed by atoms with E-state index in [-0.39, 0.29) is 18.3 Å². The van der Waals surface area contributed by atoms with Crippen LogP contribution in [0.2, 0.25) is 0 Å². The second kappa shape index (κ2) is 6.91. The van der Waals surface area contributed by atoms with E-state index in [1.165, 1.54) is 7.11 Å². The Morgan fingerprint density at radius 3 is 2.57 bits per heavy atom. The highest BCUT2D eigenvalue weighted by Gasteiger charge is 2.19. The molecule has 0 saturated carbocycles. The standard InChI is InChI=1S/C14H20N2O4S/c1-20-10-11-21(18,19)15-12-5-7-13(8-6-12)16-9-3-2-4-14(16)17/h5-8,15H,2-4,9-11H2,1H3. The zero-order chi connectivity index (χ0) is 15.3. The van der Waals surface area contributed by atoms with Crippen LogP contribution in [0.5, 0.6) is 0 Å². The summed E-state index contributed by atoms with van der Waals surface area (Å²) in [6.07, 6.45) is 2.51. The summed E-state index contributed by atoms with van der Waals surface area (Å²) in [6, 6.07) is 6.86. The highest BCUT2D eigenvalue weighted by molar-refractivity contribution is 7.92. The molecule has 116 valence electrons. The van der Waals surface area contributed by atoms with Gasteiger partial charge < -0.3 is 9.64 Å². The normalized spacial score (nSPS) is 16.0. The van der Waals surface area contributed by atoms with E-state index in [1.54, 1.807) is 29.2 Å². The third kappa shape index (κ3) is 4.44. The van der Waals surface area contributed by atoms with Crippen LogP contribution >= 0.6 is 0 Å². The van der Waals surface area contributed by atoms with Gasteiger partial charge >= 0.3 is 0 Å². The monoisotopic (exact) mass is 312 g/mol. The van der Waals surface area contributed by atoms with Crippen molar-refractivity contribution in [2.24, 2.45) is 0 Å². The fourth-order valence-corrected chi connectivity index (χ4v) is 3.20. The molecule has 2 rings (SSSR count). The van der Waals surface area contributed by atoms with E-state index in [4.69, 9.17) is 4.74 Å². The molecule has 6 nitrogen and oxygen atoms in total. The van der Waals surface area contributed by atoms with E-state index in [0.29, 0.717) is 12.1 Å². The van der Waals surface area contributed by atoms with E-state index in [9.17, 15) is 13.2 Å². The van der Waals surface area contributed by atoms with Crippen LogP contribution < -0.4 is 9.62 Å². The molecule has 0 aromatic heterocycles. The van der Waals surface area contributed by atoms with Crippen LogP contribution in [0.25, 0.3) is 0 Å². The van der Waals surface area contributed by atoms with Crippen LogP contribution in [0, 0.1) is 0 Å². The lowest BCUT2D eigenvalue weighted by Crippen LogP contribution is -2.35. The third-order valence-electron chi connectivity index (χ3n) is 3.33. The van der Waals surface area contributed by atoms with E-state index >= 15 is 0 Å². The van der Waals surface area contributed by atoms with Crippen LogP contribution in [0.15, 0.2) is 24.3 Å². The Bertz CT molecular complexity index is 583. The Hall–Kier alpha value is -1.60. The first kappa shape index (κ1) is 15.8. The fourth-order valence-electron chi connectivity index (χ4n) is 2.21. The SMILES string of the molecule is COCCS(=O)(=O)Nc1ccc(N2CCCCC2=O)cc1. The van der Waals surface area contributed by atoms with Gasteiger partial charge in [0.1, 0.15) is 0 Å². The van der Waals surface area contributed by atoms with Crippen LogP contribution in [0.4, 0.5) is 11.4 Å². The average Bonchev–Trinajstić information content (AvgIpc) is 2.46. The van der Waals surface area contributed by atoms with Crippen molar-refractivity contribution in [3.05, 3.63) is 24.3 Å². The molecule has 1 amide bonds. The Labute approximate surface area is 125 Å². The van der Waals surface area contributed by atoms with Crippen molar-refractivity contribution >= 4 is 27.3 Å². The van der Waals surface area contributed by atoms with Gasteiger partial charge in [0, 0.05) is 31.5 Å². The summed E-state index contributed by atoms with van der Waals surface area (Å²) in [4.78, 5) is 13.6. The Balaban J connectivity index is 2.03. The maximum Gasteiger partial charge on any atom is 0.234 e. The van der Waals surface area contributed by atoms with Gasteiger partial charge in [0.2, 0.25) is 15.9 Å². The number of nitrogens with zero attached hydrogens (tertiary/aromatic N) is 1. The number of benzene rings is 1. The molecule has 0 unspecified atom stereocenters. The smallest absolute Gasteiger partial charge is 0.234 e. The number of rotatable bonds is 6. The summed E-state index contributed by atoms with van der Waals surface area (Å²) >= 11 is 0. The largest absolute Gasteiger partial charge is 0.384 e. The first-order chi connectivity index (χ1) is 10.0. The van der Waals surface area contributed by atoms with E-state index in [2.05, 4.69) is 4.72 Å². The molecule has 1 N–H and O–H groups in total. The van der Waals surface area contributed by atoms with Crippen LogP contribution in [0.1, 0.15) is 19.3 Å². The lowest BCUT2D eigenvalue weighted by atomic mass is 10.1. The molecule has 21 heavy (non-hydrogen) atoms. The number of methoxy groups -OCH3 is 1. The van der Waals surface area contributed by atoms with Crippen LogP contribution in [-0.4, -0.2) is 40.3 Å². The van der Waals surface area contributed by atoms with Gasteiger partial charge in [0.05, 0.1) is 12.4 Å². The lowest BCUT2D eigenvalue weighted by Gasteiger charge is -2.26. The number of sulfonamides is 1. The molecule has 1 aliphatic heterocycles. The van der Waals surface area contributed by atoms with E-state index in [0.717, 1.165) is 25.1 Å². The summed E-state index contributed by atoms with van der Waals surface area (Å²) in [7, 11) is -1.94. The minimum absolute atomic E-state index is 0.0874. The van der Waals surface area contributed by atoms with Crippen LogP contribution in [-0.2, 0) is 19.6 Å². The van der Waals surface area contributed by atoms with Gasteiger partial charge in [-0.05, 0) is 37.1 Å². The highest BCUT2D eigenvalue weighted by atomic mass is 32.2. The average molecular weight is 312 g/mol. The number of ether oxygens (including phenoxy) is 1. The van der Waals surface area contributed by atoms with Gasteiger partial charge in [0.15, 0.2) is 0 Å². The number of nitrogens with one attached hydrogen (secondary N) is 1. The van der Waals surface area contributed by atoms with Gasteiger partial charge in [0.25, 0.3) is 0 Å². The molecule has 1 aromatic carbocycles. The van der Waals surface area contributed by atoms with Crippen molar-refractivity contribution in [1.82, 2.24) is 0 Å². The van der Waals surface area contributed by atoms with Crippen molar-refractivity contribution in [2.45, 2.75) is 19.3 Å². The predicted molar refractivity (Wildman–Crippen MR) is 81.9 cm³/mol. The Morgan fingerprint density at radius 1 is 1.24 bits per heavy atom. The van der Waals surface area contributed by atoms with Crippen molar-refractivity contribution < 1.29 is 17.9 Å². The molecule has 1 heterocycles. The quantitative estimate of drug-likeness (QED) is 0.865. The first-order valence-corrected chi connectivity index (χ1v) is 8.57. The molecule has 0 aliphatic carbocycles. The maximum atomic E-state index is 11.8. The van der Waals surface area contributed by atoms with Crippen molar-refractivity contribution in [3.63, 3.8) is 0 Å². The molecule has 1 aliphatic rings. The van der Waals surface area contributed by atoms with Gasteiger partial charge in [-0.25, -0.2) is 8.42 Å². The second-order valence-corrected chi connectivity index (χ2v) is 6.80. The minimum atomic E-state index is -3.40. The lowest BCUT2D eigenvalue weighted by molar-refractivity contribution is -0.119. The van der Waals surface area contributed by atoms with Crippen LogP contribution in [0.3, 0.4) is 0 Å². The molecular weight excluding hydrogens is 292 g/mol. The molecule has 1 fully saturated rings. The van der Waals surface area contributed by atoms with Gasteiger partial charge in [-0.1, -0.05) is 0 Å². The van der Waals surface area contributed by atoms with Crippen molar-refractivity contribution in [2.75, 3.05) is 35.6 Å². The summed E-state index contributed by atoms with van der Waals surface area (Å²) in [5.41, 5.74) is 1.29. The second-order valence-electron chi connectivity index (χ2n) is 4.96. The number of hydrogen-bond acceptors (Lipinski definition) is 4. The molecule has 0 radical (unpaired) electrons. The van der Waals surface area contributed by atoms with Gasteiger partial charge in [-0.3, -0.25) is 9.52 Å². The number of piperidine rings is 1. The first-order valence-electron chi connectivity index (χ1n) is 6.92. The Kier molecular flexibility index (Phi) is 5.19. The number of carbonyl (C=O) groups is 1. The molecule has 7 heteroatoms. The highest BCUT2D eigenvalue weighted by Crippen LogP contribution is 2.23. The van der Waals surface area contributed by atoms with Crippen molar-refractivity contribution in [1.29, 1.82) is 0 Å². The number of amides is 1. The topological polar surface area (TPSA) is 75.7 Å². The number of carbonyl (C=O) groups excluding carboxylic acids is 1. The number of hydrogen-bond donors (Lipinski definition) is 1. The molecule has 0 spiro atoms. The van der Waals surface area contributed by atoms with E-state index in [1.807, 2.05) is 0 Å². The fraction of sp³-hybridized carbons (Fsp3) is 0.500. The van der Waals surface area contributed by atoms with Gasteiger partial charge in [-0.2, -0.15) is 0 Å². The van der Waals surface area contributed by atoms with E-state index < -0.39 is 10.0 Å². The summed E-state index contributed by atoms with van der Waals surface area (Å²) in [5.74, 6) is 0.0326. The third-order valence-corrected chi connectivity index (χ3v) is 4.58. The maximum absolute atomic E-state index is 11.8. The zero-order valence-electron chi connectivity index (χ0n) is 12.0. The number of anilines is 2. The Morgan fingerprint density at radius 2 is 1.95 bits per heavy atom. The minimum Gasteiger partial charge on any atom is -0.384 e. The predicted octanol–water partition coefficient (Wildman–Crippen LogP) is 1.59. The molecule has 0 bridgehead atoms. The zero-order valence-corrected chi connectivity index (χ0v) is 12.9. The molecule has 0 atom stereocenters. The summed E-state index contributed by atoms with van der Waals surface area (Å²) < 4.78 is 30.7. The molecule has 1 aromatic rings. The molecule has 1 saturated heterocycles.